The zero-order chi connectivity index (χ0) is 20.6. The number of rotatable bonds is 3. The van der Waals surface area contributed by atoms with E-state index in [1.54, 1.807) is 0 Å². The van der Waals surface area contributed by atoms with Crippen LogP contribution in [0.1, 0.15) is 17.0 Å². The van der Waals surface area contributed by atoms with Gasteiger partial charge in [0.1, 0.15) is 11.7 Å². The number of hydrogen-bond donors (Lipinski definition) is 1. The van der Waals surface area contributed by atoms with Gasteiger partial charge in [0.15, 0.2) is 0 Å². The van der Waals surface area contributed by atoms with E-state index in [2.05, 4.69) is 5.32 Å². The molecule has 2 aromatic rings. The molecule has 1 fully saturated rings. The molecule has 1 aliphatic rings. The first-order valence-corrected chi connectivity index (χ1v) is 8.64. The number of carbonyl (C=O) groups is 2. The van der Waals surface area contributed by atoms with Crippen LogP contribution in [0.2, 0.25) is 5.02 Å². The van der Waals surface area contributed by atoms with Crippen molar-refractivity contribution in [3.05, 3.63) is 64.4 Å². The van der Waals surface area contributed by atoms with Gasteiger partial charge < -0.3 is 10.2 Å². The first-order valence-electron chi connectivity index (χ1n) is 8.26. The Hall–Kier alpha value is -2.61. The van der Waals surface area contributed by atoms with Gasteiger partial charge in [0.2, 0.25) is 11.8 Å². The fourth-order valence-electron chi connectivity index (χ4n) is 3.26. The predicted molar refractivity (Wildman–Crippen MR) is 95.4 cm³/mol. The molecule has 2 atom stereocenters. The molecule has 0 aromatic heterocycles. The van der Waals surface area contributed by atoms with E-state index in [1.807, 2.05) is 0 Å². The van der Waals surface area contributed by atoms with Crippen LogP contribution in [0.3, 0.4) is 0 Å². The fraction of sp³-hybridized carbons (Fsp3) is 0.263. The zero-order valence-electron chi connectivity index (χ0n) is 14.6. The summed E-state index contributed by atoms with van der Waals surface area (Å²) < 4.78 is 53.2. The largest absolute Gasteiger partial charge is 0.416 e. The smallest absolute Gasteiger partial charge is 0.344 e. The molecule has 4 nitrogen and oxygen atoms in total. The molecule has 3 rings (SSSR count). The molecule has 28 heavy (non-hydrogen) atoms. The molecule has 1 aliphatic heterocycles. The summed E-state index contributed by atoms with van der Waals surface area (Å²) >= 11 is 5.84. The number of para-hydroxylation sites is 1. The highest BCUT2D eigenvalue weighted by Crippen LogP contribution is 2.39. The summed E-state index contributed by atoms with van der Waals surface area (Å²) in [6.07, 6.45) is -4.63. The van der Waals surface area contributed by atoms with E-state index >= 15 is 0 Å². The van der Waals surface area contributed by atoms with Gasteiger partial charge in [-0.1, -0.05) is 23.7 Å². The summed E-state index contributed by atoms with van der Waals surface area (Å²) in [5.74, 6) is -4.20. The van der Waals surface area contributed by atoms with Crippen molar-refractivity contribution in [1.29, 1.82) is 0 Å². The minimum atomic E-state index is -4.63. The van der Waals surface area contributed by atoms with Gasteiger partial charge >= 0.3 is 6.18 Å². The second kappa shape index (κ2) is 7.43. The third kappa shape index (κ3) is 3.96. The molecule has 2 amide bonds. The van der Waals surface area contributed by atoms with Crippen LogP contribution >= 0.6 is 11.6 Å². The summed E-state index contributed by atoms with van der Waals surface area (Å²) in [5.41, 5.74) is -0.966. The van der Waals surface area contributed by atoms with Crippen molar-refractivity contribution in [2.75, 3.05) is 18.9 Å². The van der Waals surface area contributed by atoms with Crippen LogP contribution in [0.4, 0.5) is 23.2 Å². The van der Waals surface area contributed by atoms with Gasteiger partial charge in [-0.15, -0.1) is 0 Å². The Morgan fingerprint density at radius 3 is 2.54 bits per heavy atom. The van der Waals surface area contributed by atoms with Crippen LogP contribution in [-0.2, 0) is 15.8 Å². The summed E-state index contributed by atoms with van der Waals surface area (Å²) in [7, 11) is 1.45. The normalized spacial score (nSPS) is 19.8. The lowest BCUT2D eigenvalue weighted by Crippen LogP contribution is -2.33. The quantitative estimate of drug-likeness (QED) is 0.601. The highest BCUT2D eigenvalue weighted by Gasteiger charge is 2.45. The van der Waals surface area contributed by atoms with Crippen molar-refractivity contribution in [2.45, 2.75) is 12.1 Å². The van der Waals surface area contributed by atoms with Crippen molar-refractivity contribution >= 4 is 29.1 Å². The van der Waals surface area contributed by atoms with Gasteiger partial charge in [0, 0.05) is 24.5 Å². The van der Waals surface area contributed by atoms with Crippen LogP contribution in [0, 0.1) is 11.7 Å². The summed E-state index contributed by atoms with van der Waals surface area (Å²) in [6, 6.07) is 8.37. The molecular formula is C19H15ClF4N2O2. The maximum atomic E-state index is 13.8. The van der Waals surface area contributed by atoms with Crippen molar-refractivity contribution in [3.8, 4) is 0 Å². The Balaban J connectivity index is 1.96. The number of alkyl halides is 3. The van der Waals surface area contributed by atoms with E-state index in [1.165, 1.54) is 36.2 Å². The van der Waals surface area contributed by atoms with Crippen LogP contribution < -0.4 is 5.32 Å². The number of nitrogens with one attached hydrogen (secondary N) is 1. The summed E-state index contributed by atoms with van der Waals surface area (Å²) in [4.78, 5) is 26.4. The van der Waals surface area contributed by atoms with E-state index in [4.69, 9.17) is 11.6 Å². The lowest BCUT2D eigenvalue weighted by atomic mass is 9.87. The van der Waals surface area contributed by atoms with Crippen LogP contribution in [0.25, 0.3) is 0 Å². The number of likely N-dealkylation sites (tertiary alicyclic amines) is 1. The molecule has 0 saturated carbocycles. The number of halogens is 5. The van der Waals surface area contributed by atoms with Crippen LogP contribution in [-0.4, -0.2) is 30.3 Å². The first-order chi connectivity index (χ1) is 13.1. The second-order valence-electron chi connectivity index (χ2n) is 6.54. The third-order valence-electron chi connectivity index (χ3n) is 4.60. The molecule has 148 valence electrons. The Labute approximate surface area is 163 Å². The van der Waals surface area contributed by atoms with Gasteiger partial charge in [-0.05, 0) is 35.9 Å². The van der Waals surface area contributed by atoms with Crippen molar-refractivity contribution in [1.82, 2.24) is 4.90 Å². The maximum Gasteiger partial charge on any atom is 0.416 e. The molecule has 0 radical (unpaired) electrons. The molecule has 0 bridgehead atoms. The van der Waals surface area contributed by atoms with Crippen LogP contribution in [0.15, 0.2) is 42.5 Å². The average molecular weight is 415 g/mol. The van der Waals surface area contributed by atoms with Crippen molar-refractivity contribution in [3.63, 3.8) is 0 Å². The van der Waals surface area contributed by atoms with E-state index in [0.717, 1.165) is 18.2 Å². The topological polar surface area (TPSA) is 49.4 Å². The Morgan fingerprint density at radius 2 is 1.89 bits per heavy atom. The van der Waals surface area contributed by atoms with E-state index < -0.39 is 41.2 Å². The minimum Gasteiger partial charge on any atom is -0.344 e. The standard InChI is InChI=1S/C19H15ClF4N2O2/c1-26-9-13(10-6-11(19(22,23)24)8-12(20)7-10)16(18(26)28)17(27)25-15-5-3-2-4-14(15)21/h2-8,13,16H,9H2,1H3,(H,25,27)/t13-,16+/m1/s1. The molecule has 0 spiro atoms. The highest BCUT2D eigenvalue weighted by molar-refractivity contribution is 6.30. The number of amides is 2. The van der Waals surface area contributed by atoms with Gasteiger partial charge in [-0.25, -0.2) is 4.39 Å². The Bertz CT molecular complexity index is 932. The van der Waals surface area contributed by atoms with Crippen molar-refractivity contribution < 1.29 is 27.2 Å². The molecular weight excluding hydrogens is 400 g/mol. The molecule has 1 heterocycles. The fourth-order valence-corrected chi connectivity index (χ4v) is 3.50. The predicted octanol–water partition coefficient (Wildman–Crippen LogP) is 4.31. The zero-order valence-corrected chi connectivity index (χ0v) is 15.3. The van der Waals surface area contributed by atoms with Gasteiger partial charge in [-0.2, -0.15) is 13.2 Å². The molecule has 0 unspecified atom stereocenters. The molecule has 9 heteroatoms. The van der Waals surface area contributed by atoms with Crippen molar-refractivity contribution in [2.24, 2.45) is 5.92 Å². The maximum absolute atomic E-state index is 13.8. The third-order valence-corrected chi connectivity index (χ3v) is 4.82. The SMILES string of the molecule is CN1C[C@H](c2cc(Cl)cc(C(F)(F)F)c2)[C@@H](C(=O)Nc2ccccc2F)C1=O. The monoisotopic (exact) mass is 414 g/mol. The summed E-state index contributed by atoms with van der Waals surface area (Å²) in [6.45, 7) is 0.0336. The number of carbonyl (C=O) groups excluding carboxylic acids is 2. The van der Waals surface area contributed by atoms with E-state index in [-0.39, 0.29) is 22.8 Å². The average Bonchev–Trinajstić information content (AvgIpc) is 2.91. The highest BCUT2D eigenvalue weighted by atomic mass is 35.5. The summed E-state index contributed by atoms with van der Waals surface area (Å²) in [5, 5.41) is 2.19. The van der Waals surface area contributed by atoms with E-state index in [0.29, 0.717) is 0 Å². The number of likely N-dealkylation sites (N-methyl/N-ethyl adjacent to an activating group) is 1. The molecule has 2 aromatic carbocycles. The van der Waals surface area contributed by atoms with Crippen LogP contribution in [0.5, 0.6) is 0 Å². The molecule has 1 N–H and O–H groups in total. The lowest BCUT2D eigenvalue weighted by Gasteiger charge is -2.19. The number of hydrogen-bond acceptors (Lipinski definition) is 2. The second-order valence-corrected chi connectivity index (χ2v) is 6.98. The minimum absolute atomic E-state index is 0.0336. The van der Waals surface area contributed by atoms with Gasteiger partial charge in [0.25, 0.3) is 0 Å². The number of benzene rings is 2. The lowest BCUT2D eigenvalue weighted by molar-refractivity contribution is -0.137. The number of anilines is 1. The van der Waals surface area contributed by atoms with Gasteiger partial charge in [0.05, 0.1) is 11.3 Å². The number of nitrogens with zero attached hydrogens (tertiary/aromatic N) is 1. The van der Waals surface area contributed by atoms with E-state index in [9.17, 15) is 27.2 Å². The first kappa shape index (κ1) is 20.1. The molecule has 1 saturated heterocycles. The Morgan fingerprint density at radius 1 is 1.21 bits per heavy atom. The Kier molecular flexibility index (Phi) is 5.34. The molecule has 0 aliphatic carbocycles. The van der Waals surface area contributed by atoms with Gasteiger partial charge in [-0.3, -0.25) is 9.59 Å².